The second-order valence-electron chi connectivity index (χ2n) is 5.02. The number of hydrogen-bond donors (Lipinski definition) is 0. The first-order chi connectivity index (χ1) is 8.41. The molecule has 102 valence electrons. The second-order valence-corrected chi connectivity index (χ2v) is 7.06. The van der Waals surface area contributed by atoms with Gasteiger partial charge in [-0.15, -0.1) is 0 Å². The van der Waals surface area contributed by atoms with Gasteiger partial charge in [-0.1, -0.05) is 36.5 Å². The van der Waals surface area contributed by atoms with Crippen LogP contribution in [0.3, 0.4) is 0 Å². The topological polar surface area (TPSA) is 29.3 Å². The van der Waals surface area contributed by atoms with Gasteiger partial charge in [0.25, 0.3) is 6.04 Å². The number of likely N-dealkylation sites (N-methyl/N-ethyl adjacent to an activating group) is 1. The average Bonchev–Trinajstić information content (AvgIpc) is 2.76. The highest BCUT2D eigenvalue weighted by atomic mass is 32.2. The standard InChI is InChI=1S/C13H22NO2S2/c1-9(2)8-11(12(15)16-10(3)4)14(5)13-17-6-7-18-13/h6-7,9-11H,8H2,1-5H3/q+1. The van der Waals surface area contributed by atoms with Crippen LogP contribution < -0.4 is 8.56 Å². The molecule has 0 amide bonds. The van der Waals surface area contributed by atoms with Crippen molar-refractivity contribution in [2.45, 2.75) is 46.3 Å². The first-order valence-electron chi connectivity index (χ1n) is 6.20. The summed E-state index contributed by atoms with van der Waals surface area (Å²) in [5.74, 6) is 0.337. The third kappa shape index (κ3) is 4.53. The van der Waals surface area contributed by atoms with Gasteiger partial charge in [-0.3, -0.25) is 0 Å². The highest BCUT2D eigenvalue weighted by Crippen LogP contribution is 2.09. The van der Waals surface area contributed by atoms with Crippen LogP contribution in [0.15, 0.2) is 10.8 Å². The summed E-state index contributed by atoms with van der Waals surface area (Å²) in [6.07, 6.45) is 0.750. The van der Waals surface area contributed by atoms with Crippen molar-refractivity contribution in [3.8, 4) is 0 Å². The van der Waals surface area contributed by atoms with Gasteiger partial charge >= 0.3 is 9.95 Å². The third-order valence-corrected chi connectivity index (χ3v) is 4.74. The van der Waals surface area contributed by atoms with Gasteiger partial charge in [0.1, 0.15) is 7.05 Å². The molecule has 0 radical (unpaired) electrons. The van der Waals surface area contributed by atoms with E-state index in [4.69, 9.17) is 4.74 Å². The van der Waals surface area contributed by atoms with Gasteiger partial charge in [0.15, 0.2) is 0 Å². The zero-order valence-corrected chi connectivity index (χ0v) is 13.3. The number of esters is 1. The van der Waals surface area contributed by atoms with E-state index in [0.717, 1.165) is 10.4 Å². The van der Waals surface area contributed by atoms with Gasteiger partial charge in [0.2, 0.25) is 0 Å². The van der Waals surface area contributed by atoms with E-state index in [1.165, 1.54) is 0 Å². The predicted octanol–water partition coefficient (Wildman–Crippen LogP) is 2.58. The van der Waals surface area contributed by atoms with E-state index in [1.54, 1.807) is 22.7 Å². The van der Waals surface area contributed by atoms with Crippen LogP contribution in [0, 0.1) is 5.92 Å². The van der Waals surface area contributed by atoms with Crippen molar-refractivity contribution in [2.24, 2.45) is 5.92 Å². The Morgan fingerprint density at radius 2 is 1.83 bits per heavy atom. The maximum Gasteiger partial charge on any atom is 0.375 e. The van der Waals surface area contributed by atoms with Crippen molar-refractivity contribution in [1.82, 2.24) is 4.58 Å². The van der Waals surface area contributed by atoms with Crippen molar-refractivity contribution in [1.29, 1.82) is 0 Å². The van der Waals surface area contributed by atoms with E-state index in [-0.39, 0.29) is 18.1 Å². The molecule has 0 spiro atoms. The summed E-state index contributed by atoms with van der Waals surface area (Å²) < 4.78 is 8.54. The third-order valence-electron chi connectivity index (χ3n) is 2.47. The molecule has 5 heteroatoms. The van der Waals surface area contributed by atoms with Crippen LogP contribution in [-0.2, 0) is 9.53 Å². The van der Waals surface area contributed by atoms with Crippen molar-refractivity contribution in [3.05, 3.63) is 14.7 Å². The Kier molecular flexibility index (Phi) is 6.02. The van der Waals surface area contributed by atoms with Gasteiger partial charge < -0.3 is 4.74 Å². The lowest BCUT2D eigenvalue weighted by molar-refractivity contribution is -0.150. The minimum Gasteiger partial charge on any atom is -0.458 e. The Balaban J connectivity index is 2.99. The fraction of sp³-hybridized carbons (Fsp3) is 0.692. The maximum atomic E-state index is 12.2. The minimum atomic E-state index is -0.192. The lowest BCUT2D eigenvalue weighted by Crippen LogP contribution is -2.42. The van der Waals surface area contributed by atoms with Gasteiger partial charge in [-0.2, -0.15) is 0 Å². The summed E-state index contributed by atoms with van der Waals surface area (Å²) >= 11 is 3.32. The number of rotatable bonds is 5. The summed E-state index contributed by atoms with van der Waals surface area (Å²) in [5.41, 5.74) is 0. The molecule has 1 unspecified atom stereocenters. The van der Waals surface area contributed by atoms with E-state index >= 15 is 0 Å². The molecule has 1 aromatic rings. The minimum absolute atomic E-state index is 0.0624. The molecular formula is C13H22NO2S2+. The highest BCUT2D eigenvalue weighted by molar-refractivity contribution is 7.24. The highest BCUT2D eigenvalue weighted by Gasteiger charge is 2.31. The fourth-order valence-corrected chi connectivity index (χ4v) is 3.48. The van der Waals surface area contributed by atoms with Crippen molar-refractivity contribution < 1.29 is 9.53 Å². The van der Waals surface area contributed by atoms with Crippen molar-refractivity contribution in [3.63, 3.8) is 0 Å². The molecule has 1 aromatic heterocycles. The molecule has 0 fully saturated rings. The van der Waals surface area contributed by atoms with Crippen LogP contribution in [0.25, 0.3) is 0 Å². The molecule has 0 aliphatic carbocycles. The Morgan fingerprint density at radius 3 is 2.28 bits per heavy atom. The van der Waals surface area contributed by atoms with E-state index in [1.807, 2.05) is 36.2 Å². The molecule has 0 aromatic carbocycles. The summed E-state index contributed by atoms with van der Waals surface area (Å²) in [6.45, 7) is 8.03. The summed E-state index contributed by atoms with van der Waals surface area (Å²) in [4.78, 5) is 12.2. The summed E-state index contributed by atoms with van der Waals surface area (Å²) in [6, 6.07) is -0.192. The van der Waals surface area contributed by atoms with E-state index in [2.05, 4.69) is 13.8 Å². The number of carbonyl (C=O) groups excluding carboxylic acids is 1. The fourth-order valence-electron chi connectivity index (χ4n) is 1.66. The van der Waals surface area contributed by atoms with E-state index in [9.17, 15) is 4.79 Å². The molecule has 0 aliphatic rings. The van der Waals surface area contributed by atoms with Crippen LogP contribution >= 0.6 is 22.7 Å². The quantitative estimate of drug-likeness (QED) is 0.615. The Morgan fingerprint density at radius 1 is 1.28 bits per heavy atom. The zero-order chi connectivity index (χ0) is 13.7. The lowest BCUT2D eigenvalue weighted by atomic mass is 10.0. The Hall–Kier alpha value is -0.680. The monoisotopic (exact) mass is 288 g/mol. The zero-order valence-electron chi connectivity index (χ0n) is 11.7. The molecule has 1 heterocycles. The molecular weight excluding hydrogens is 266 g/mol. The molecule has 1 rings (SSSR count). The molecule has 18 heavy (non-hydrogen) atoms. The molecule has 0 N–H and O–H groups in total. The van der Waals surface area contributed by atoms with Gasteiger partial charge in [0.05, 0.1) is 6.10 Å². The van der Waals surface area contributed by atoms with Crippen LogP contribution in [0.4, 0.5) is 0 Å². The number of ether oxygens (including phenoxy) is 1. The largest absolute Gasteiger partial charge is 0.458 e. The molecule has 0 bridgehead atoms. The molecule has 0 saturated carbocycles. The smallest absolute Gasteiger partial charge is 0.375 e. The first kappa shape index (κ1) is 15.4. The van der Waals surface area contributed by atoms with Crippen LogP contribution in [0.2, 0.25) is 0 Å². The molecule has 0 aliphatic heterocycles. The van der Waals surface area contributed by atoms with Gasteiger partial charge in [-0.25, -0.2) is 9.37 Å². The van der Waals surface area contributed by atoms with Crippen molar-refractivity contribution in [2.75, 3.05) is 7.05 Å². The summed E-state index contributed by atoms with van der Waals surface area (Å²) in [7, 11) is 1.97. The number of hydrogen-bond acceptors (Lipinski definition) is 4. The molecule has 3 nitrogen and oxygen atoms in total. The van der Waals surface area contributed by atoms with Gasteiger partial charge in [0, 0.05) is 17.2 Å². The summed E-state index contributed by atoms with van der Waals surface area (Å²) in [5, 5.41) is 4.08. The van der Waals surface area contributed by atoms with E-state index < -0.39 is 0 Å². The average molecular weight is 288 g/mol. The molecule has 1 atom stereocenters. The SMILES string of the molecule is CC(C)CC(C(=O)OC(C)C)[N+](C)=c1sccs1. The number of nitrogens with zero attached hydrogens (tertiary/aromatic N) is 1. The van der Waals surface area contributed by atoms with Crippen molar-refractivity contribution >= 4 is 28.6 Å². The first-order valence-corrected chi connectivity index (χ1v) is 7.96. The normalized spacial score (nSPS) is 12.8. The van der Waals surface area contributed by atoms with Crippen LogP contribution in [-0.4, -0.2) is 25.2 Å². The Bertz CT molecular complexity index is 429. The van der Waals surface area contributed by atoms with Crippen LogP contribution in [0.1, 0.15) is 34.1 Å². The maximum absolute atomic E-state index is 12.2. The van der Waals surface area contributed by atoms with Crippen LogP contribution in [0.5, 0.6) is 0 Å². The number of carbonyl (C=O) groups is 1. The molecule has 0 saturated heterocycles. The lowest BCUT2D eigenvalue weighted by Gasteiger charge is -2.15. The second kappa shape index (κ2) is 7.04. The predicted molar refractivity (Wildman–Crippen MR) is 77.9 cm³/mol. The Labute approximate surface area is 117 Å². The van der Waals surface area contributed by atoms with E-state index in [0.29, 0.717) is 5.92 Å². The van der Waals surface area contributed by atoms with Gasteiger partial charge in [-0.05, 0) is 19.8 Å².